The van der Waals surface area contributed by atoms with Gasteiger partial charge in [-0.25, -0.2) is 9.97 Å². The van der Waals surface area contributed by atoms with Crippen molar-refractivity contribution in [3.63, 3.8) is 0 Å². The molecule has 0 radical (unpaired) electrons. The van der Waals surface area contributed by atoms with Crippen LogP contribution in [0.1, 0.15) is 24.2 Å². The Morgan fingerprint density at radius 1 is 0.971 bits per heavy atom. The van der Waals surface area contributed by atoms with Crippen LogP contribution in [0.25, 0.3) is 11.1 Å². The highest BCUT2D eigenvalue weighted by atomic mass is 16.2. The number of carbonyl (C=O) groups is 1. The van der Waals surface area contributed by atoms with Crippen LogP contribution in [0.3, 0.4) is 0 Å². The topological polar surface area (TPSA) is 113 Å². The minimum Gasteiger partial charge on any atom is -0.327 e. The number of anilines is 1. The molecule has 1 atom stereocenters. The van der Waals surface area contributed by atoms with E-state index in [9.17, 15) is 9.59 Å². The molecule has 1 saturated carbocycles. The van der Waals surface area contributed by atoms with E-state index in [1.54, 1.807) is 43.1 Å². The standard InChI is InChI=1S/C26H24N6O2/c33-23-21(16-20(17-30-23)19-7-13-27-14-8-19)31-24(34)22(15-18-5-2-1-3-6-18)32-26(9-10-26)25-28-11-4-12-29-25/h1-8,11-14,16-17,22,32H,9-10,15H2,(H,30,33)(H,31,34)/t22-/m0/s1. The molecule has 3 heterocycles. The van der Waals surface area contributed by atoms with Crippen molar-refractivity contribution < 1.29 is 4.79 Å². The first-order valence-corrected chi connectivity index (χ1v) is 11.2. The van der Waals surface area contributed by atoms with Gasteiger partial charge in [-0.1, -0.05) is 30.3 Å². The van der Waals surface area contributed by atoms with E-state index in [-0.39, 0.29) is 17.2 Å². The normalized spacial score (nSPS) is 14.8. The van der Waals surface area contributed by atoms with Crippen molar-refractivity contribution in [1.82, 2.24) is 25.3 Å². The Morgan fingerprint density at radius 2 is 1.71 bits per heavy atom. The number of nitrogens with one attached hydrogen (secondary N) is 3. The van der Waals surface area contributed by atoms with E-state index in [2.05, 4.69) is 30.6 Å². The molecule has 0 unspecified atom stereocenters. The quantitative estimate of drug-likeness (QED) is 0.379. The number of rotatable bonds is 8. The van der Waals surface area contributed by atoms with Gasteiger partial charge in [0.1, 0.15) is 11.5 Å². The summed E-state index contributed by atoms with van der Waals surface area (Å²) in [4.78, 5) is 41.6. The average Bonchev–Trinajstić information content (AvgIpc) is 3.67. The van der Waals surface area contributed by atoms with Gasteiger partial charge in [0.15, 0.2) is 0 Å². The first-order valence-electron chi connectivity index (χ1n) is 11.2. The van der Waals surface area contributed by atoms with Crippen LogP contribution in [0, 0.1) is 0 Å². The van der Waals surface area contributed by atoms with E-state index >= 15 is 0 Å². The lowest BCUT2D eigenvalue weighted by atomic mass is 10.0. The molecular weight excluding hydrogens is 428 g/mol. The molecule has 0 aliphatic heterocycles. The van der Waals surface area contributed by atoms with Crippen LogP contribution in [-0.2, 0) is 16.8 Å². The van der Waals surface area contributed by atoms with Crippen molar-refractivity contribution in [3.8, 4) is 11.1 Å². The van der Waals surface area contributed by atoms with Crippen molar-refractivity contribution >= 4 is 11.6 Å². The summed E-state index contributed by atoms with van der Waals surface area (Å²) in [5.41, 5.74) is 2.07. The number of pyridine rings is 2. The molecule has 170 valence electrons. The van der Waals surface area contributed by atoms with Gasteiger partial charge < -0.3 is 10.3 Å². The second-order valence-electron chi connectivity index (χ2n) is 8.40. The van der Waals surface area contributed by atoms with Gasteiger partial charge >= 0.3 is 0 Å². The lowest BCUT2D eigenvalue weighted by Crippen LogP contribution is -2.48. The summed E-state index contributed by atoms with van der Waals surface area (Å²) in [7, 11) is 0. The molecule has 1 aliphatic rings. The van der Waals surface area contributed by atoms with Gasteiger partial charge in [-0.15, -0.1) is 0 Å². The molecule has 4 aromatic rings. The van der Waals surface area contributed by atoms with Gasteiger partial charge in [0.25, 0.3) is 5.56 Å². The molecule has 1 amide bonds. The molecule has 1 fully saturated rings. The molecule has 5 rings (SSSR count). The van der Waals surface area contributed by atoms with E-state index in [0.29, 0.717) is 12.2 Å². The van der Waals surface area contributed by atoms with Gasteiger partial charge in [0.05, 0.1) is 11.6 Å². The third kappa shape index (κ3) is 4.77. The predicted octanol–water partition coefficient (Wildman–Crippen LogP) is 3.06. The smallest absolute Gasteiger partial charge is 0.271 e. The number of aromatic nitrogens is 4. The SMILES string of the molecule is O=C(Nc1cc(-c2ccncc2)c[nH]c1=O)[C@H](Cc1ccccc1)NC1(c2ncccn2)CC1. The molecule has 8 nitrogen and oxygen atoms in total. The van der Waals surface area contributed by atoms with E-state index in [1.807, 2.05) is 42.5 Å². The number of nitrogens with zero attached hydrogens (tertiary/aromatic N) is 3. The first-order chi connectivity index (χ1) is 16.6. The van der Waals surface area contributed by atoms with Crippen molar-refractivity contribution in [2.24, 2.45) is 0 Å². The Bertz CT molecular complexity index is 1320. The van der Waals surface area contributed by atoms with Crippen molar-refractivity contribution in [1.29, 1.82) is 0 Å². The molecule has 1 aliphatic carbocycles. The highest BCUT2D eigenvalue weighted by Gasteiger charge is 2.49. The Balaban J connectivity index is 1.41. The molecule has 34 heavy (non-hydrogen) atoms. The van der Waals surface area contributed by atoms with Crippen LogP contribution in [0.4, 0.5) is 5.69 Å². The fourth-order valence-electron chi connectivity index (χ4n) is 4.00. The zero-order valence-electron chi connectivity index (χ0n) is 18.4. The zero-order chi connectivity index (χ0) is 23.4. The number of H-pyrrole nitrogens is 1. The monoisotopic (exact) mass is 452 g/mol. The lowest BCUT2D eigenvalue weighted by Gasteiger charge is -2.24. The van der Waals surface area contributed by atoms with E-state index in [4.69, 9.17) is 0 Å². The minimum atomic E-state index is -0.585. The zero-order valence-corrected chi connectivity index (χ0v) is 18.4. The Kier molecular flexibility index (Phi) is 5.97. The van der Waals surface area contributed by atoms with Crippen LogP contribution < -0.4 is 16.2 Å². The number of hydrogen-bond donors (Lipinski definition) is 3. The van der Waals surface area contributed by atoms with Gasteiger partial charge in [0.2, 0.25) is 5.91 Å². The number of amides is 1. The largest absolute Gasteiger partial charge is 0.327 e. The Hall–Kier alpha value is -4.17. The van der Waals surface area contributed by atoms with Crippen LogP contribution in [-0.4, -0.2) is 31.9 Å². The number of carbonyl (C=O) groups excluding carboxylic acids is 1. The summed E-state index contributed by atoms with van der Waals surface area (Å²) in [6, 6.07) is 16.4. The first kappa shape index (κ1) is 21.7. The maximum Gasteiger partial charge on any atom is 0.271 e. The second kappa shape index (κ2) is 9.36. The molecule has 1 aromatic carbocycles. The predicted molar refractivity (Wildman–Crippen MR) is 129 cm³/mol. The Morgan fingerprint density at radius 3 is 2.41 bits per heavy atom. The summed E-state index contributed by atoms with van der Waals surface area (Å²) >= 11 is 0. The van der Waals surface area contributed by atoms with Crippen molar-refractivity contribution in [2.75, 3.05) is 5.32 Å². The van der Waals surface area contributed by atoms with E-state index in [0.717, 1.165) is 29.5 Å². The van der Waals surface area contributed by atoms with Crippen LogP contribution in [0.15, 0.2) is 90.4 Å². The average molecular weight is 453 g/mol. The summed E-state index contributed by atoms with van der Waals surface area (Å²) in [5.74, 6) is 0.391. The minimum absolute atomic E-state index is 0.194. The van der Waals surface area contributed by atoms with Gasteiger partial charge in [-0.05, 0) is 54.7 Å². The second-order valence-corrected chi connectivity index (χ2v) is 8.40. The summed E-state index contributed by atoms with van der Waals surface area (Å²) in [6.07, 6.45) is 10.5. The molecule has 0 bridgehead atoms. The third-order valence-corrected chi connectivity index (χ3v) is 5.97. The highest BCUT2D eigenvalue weighted by molar-refractivity contribution is 5.95. The van der Waals surface area contributed by atoms with Crippen LogP contribution >= 0.6 is 0 Å². The van der Waals surface area contributed by atoms with Crippen LogP contribution in [0.2, 0.25) is 0 Å². The number of hydrogen-bond acceptors (Lipinski definition) is 6. The molecule has 8 heteroatoms. The van der Waals surface area contributed by atoms with Crippen LogP contribution in [0.5, 0.6) is 0 Å². The summed E-state index contributed by atoms with van der Waals surface area (Å²) in [6.45, 7) is 0. The molecule has 0 spiro atoms. The van der Waals surface area contributed by atoms with Gasteiger partial charge in [-0.3, -0.25) is 19.9 Å². The van der Waals surface area contributed by atoms with E-state index in [1.165, 1.54) is 0 Å². The molecule has 3 aromatic heterocycles. The van der Waals surface area contributed by atoms with Gasteiger partial charge in [-0.2, -0.15) is 0 Å². The fourth-order valence-corrected chi connectivity index (χ4v) is 4.00. The summed E-state index contributed by atoms with van der Waals surface area (Å²) < 4.78 is 0. The maximum atomic E-state index is 13.5. The number of aromatic amines is 1. The molecule has 3 N–H and O–H groups in total. The summed E-state index contributed by atoms with van der Waals surface area (Å²) in [5, 5.41) is 6.34. The Labute approximate surface area is 196 Å². The maximum absolute atomic E-state index is 13.5. The highest BCUT2D eigenvalue weighted by Crippen LogP contribution is 2.44. The fraction of sp³-hybridized carbons (Fsp3) is 0.192. The third-order valence-electron chi connectivity index (χ3n) is 5.97. The van der Waals surface area contributed by atoms with Gasteiger partial charge in [0, 0.05) is 36.5 Å². The van der Waals surface area contributed by atoms with E-state index < -0.39 is 11.6 Å². The van der Waals surface area contributed by atoms with Crippen molar-refractivity contribution in [3.05, 3.63) is 107 Å². The molecule has 0 saturated heterocycles. The van der Waals surface area contributed by atoms with Crippen molar-refractivity contribution in [2.45, 2.75) is 30.8 Å². The number of benzene rings is 1. The molecular formula is C26H24N6O2. The lowest BCUT2D eigenvalue weighted by molar-refractivity contribution is -0.118.